The number of likely N-dealkylation sites (tertiary alicyclic amines) is 1. The molecule has 1 aromatic heterocycles. The van der Waals surface area contributed by atoms with Crippen LogP contribution in [-0.2, 0) is 11.3 Å². The standard InChI is InChI=1S/C22H21N3O2S/c1-16-15-28-22(23-16)25(19-9-3-2-4-10-19)21(27)18-8-5-7-17(13-18)14-24-12-6-11-20(24)26/h2-5,7-10,13,15H,6,11-12,14H2,1H3. The van der Waals surface area contributed by atoms with Crippen LogP contribution in [0.2, 0.25) is 0 Å². The summed E-state index contributed by atoms with van der Waals surface area (Å²) < 4.78 is 0. The number of hydrogen-bond donors (Lipinski definition) is 0. The van der Waals surface area contributed by atoms with Crippen molar-refractivity contribution >= 4 is 34.0 Å². The highest BCUT2D eigenvalue weighted by molar-refractivity contribution is 7.14. The van der Waals surface area contributed by atoms with Crippen molar-refractivity contribution < 1.29 is 9.59 Å². The Kier molecular flexibility index (Phi) is 5.21. The Balaban J connectivity index is 1.65. The van der Waals surface area contributed by atoms with Crippen LogP contribution in [0.3, 0.4) is 0 Å². The summed E-state index contributed by atoms with van der Waals surface area (Å²) in [5.41, 5.74) is 3.21. The number of aryl methyl sites for hydroxylation is 1. The van der Waals surface area contributed by atoms with E-state index in [1.807, 2.05) is 71.8 Å². The Morgan fingerprint density at radius 3 is 2.68 bits per heavy atom. The van der Waals surface area contributed by atoms with Gasteiger partial charge in [0.2, 0.25) is 5.91 Å². The molecule has 2 heterocycles. The van der Waals surface area contributed by atoms with Gasteiger partial charge in [0, 0.05) is 30.5 Å². The molecule has 142 valence electrons. The van der Waals surface area contributed by atoms with Crippen LogP contribution in [0.1, 0.15) is 34.5 Å². The molecule has 3 aromatic rings. The molecule has 0 atom stereocenters. The first-order valence-electron chi connectivity index (χ1n) is 9.30. The molecule has 1 fully saturated rings. The smallest absolute Gasteiger partial charge is 0.264 e. The second kappa shape index (κ2) is 7.94. The number of aromatic nitrogens is 1. The van der Waals surface area contributed by atoms with E-state index in [1.54, 1.807) is 4.90 Å². The van der Waals surface area contributed by atoms with Crippen molar-refractivity contribution in [3.05, 3.63) is 76.8 Å². The maximum absolute atomic E-state index is 13.4. The number of rotatable bonds is 5. The highest BCUT2D eigenvalue weighted by Crippen LogP contribution is 2.30. The van der Waals surface area contributed by atoms with Crippen LogP contribution in [-0.4, -0.2) is 28.2 Å². The fourth-order valence-electron chi connectivity index (χ4n) is 3.36. The number of carbonyl (C=O) groups is 2. The maximum atomic E-state index is 13.4. The third-order valence-corrected chi connectivity index (χ3v) is 5.68. The minimum absolute atomic E-state index is 0.129. The zero-order valence-corrected chi connectivity index (χ0v) is 16.5. The lowest BCUT2D eigenvalue weighted by atomic mass is 10.1. The molecule has 4 rings (SSSR count). The van der Waals surface area contributed by atoms with Gasteiger partial charge in [-0.1, -0.05) is 30.3 Å². The van der Waals surface area contributed by atoms with Crippen LogP contribution in [0.15, 0.2) is 60.0 Å². The van der Waals surface area contributed by atoms with Gasteiger partial charge in [-0.3, -0.25) is 14.5 Å². The summed E-state index contributed by atoms with van der Waals surface area (Å²) >= 11 is 1.45. The second-order valence-electron chi connectivity index (χ2n) is 6.87. The highest BCUT2D eigenvalue weighted by atomic mass is 32.1. The van der Waals surface area contributed by atoms with Crippen molar-refractivity contribution in [1.82, 2.24) is 9.88 Å². The zero-order chi connectivity index (χ0) is 19.5. The van der Waals surface area contributed by atoms with Gasteiger partial charge in [0.05, 0.1) is 11.4 Å². The molecule has 0 radical (unpaired) electrons. The zero-order valence-electron chi connectivity index (χ0n) is 15.7. The normalized spacial score (nSPS) is 13.8. The van der Waals surface area contributed by atoms with E-state index in [0.29, 0.717) is 23.7 Å². The van der Waals surface area contributed by atoms with Crippen LogP contribution in [0.25, 0.3) is 0 Å². The summed E-state index contributed by atoms with van der Waals surface area (Å²) in [6.45, 7) is 3.24. The first-order chi connectivity index (χ1) is 13.6. The molecule has 1 aliphatic heterocycles. The molecule has 1 saturated heterocycles. The number of para-hydroxylation sites is 1. The quantitative estimate of drug-likeness (QED) is 0.641. The third-order valence-electron chi connectivity index (χ3n) is 4.73. The van der Waals surface area contributed by atoms with Crippen molar-refractivity contribution in [2.45, 2.75) is 26.3 Å². The Labute approximate surface area is 168 Å². The summed E-state index contributed by atoms with van der Waals surface area (Å²) in [6.07, 6.45) is 1.52. The molecule has 1 aliphatic rings. The van der Waals surface area contributed by atoms with Crippen molar-refractivity contribution in [3.63, 3.8) is 0 Å². The fraction of sp³-hybridized carbons (Fsp3) is 0.227. The van der Waals surface area contributed by atoms with Crippen LogP contribution in [0.5, 0.6) is 0 Å². The van der Waals surface area contributed by atoms with E-state index in [0.717, 1.165) is 29.9 Å². The van der Waals surface area contributed by atoms with Crippen molar-refractivity contribution in [2.24, 2.45) is 0 Å². The predicted molar refractivity (Wildman–Crippen MR) is 111 cm³/mol. The maximum Gasteiger partial charge on any atom is 0.264 e. The number of benzene rings is 2. The minimum Gasteiger partial charge on any atom is -0.338 e. The Bertz CT molecular complexity index is 1000. The molecule has 0 aliphatic carbocycles. The van der Waals surface area contributed by atoms with Crippen LogP contribution in [0.4, 0.5) is 10.8 Å². The van der Waals surface area contributed by atoms with Crippen molar-refractivity contribution in [1.29, 1.82) is 0 Å². The summed E-state index contributed by atoms with van der Waals surface area (Å²) in [5.74, 6) is 0.0519. The summed E-state index contributed by atoms with van der Waals surface area (Å²) in [6, 6.07) is 17.1. The first-order valence-corrected chi connectivity index (χ1v) is 10.2. The van der Waals surface area contributed by atoms with Gasteiger partial charge in [-0.2, -0.15) is 0 Å². The number of nitrogens with zero attached hydrogens (tertiary/aromatic N) is 3. The monoisotopic (exact) mass is 391 g/mol. The van der Waals surface area contributed by atoms with Crippen LogP contribution in [0, 0.1) is 6.92 Å². The number of hydrogen-bond acceptors (Lipinski definition) is 4. The van der Waals surface area contributed by atoms with E-state index in [-0.39, 0.29) is 11.8 Å². The lowest BCUT2D eigenvalue weighted by Crippen LogP contribution is -2.27. The van der Waals surface area contributed by atoms with Gasteiger partial charge in [-0.25, -0.2) is 4.98 Å². The van der Waals surface area contributed by atoms with Gasteiger partial charge >= 0.3 is 0 Å². The molecule has 2 amide bonds. The topological polar surface area (TPSA) is 53.5 Å². The minimum atomic E-state index is -0.129. The highest BCUT2D eigenvalue weighted by Gasteiger charge is 2.24. The second-order valence-corrected chi connectivity index (χ2v) is 7.70. The largest absolute Gasteiger partial charge is 0.338 e. The Hall–Kier alpha value is -2.99. The lowest BCUT2D eigenvalue weighted by molar-refractivity contribution is -0.128. The van der Waals surface area contributed by atoms with Crippen molar-refractivity contribution in [3.8, 4) is 0 Å². The molecule has 28 heavy (non-hydrogen) atoms. The number of anilines is 2. The number of amides is 2. The lowest BCUT2D eigenvalue weighted by Gasteiger charge is -2.21. The molecule has 0 bridgehead atoms. The first kappa shape index (κ1) is 18.4. The number of carbonyl (C=O) groups excluding carboxylic acids is 2. The van der Waals surface area contributed by atoms with E-state index >= 15 is 0 Å². The molecule has 0 unspecified atom stereocenters. The molecule has 0 N–H and O–H groups in total. The third kappa shape index (κ3) is 3.82. The van der Waals surface area contributed by atoms with Gasteiger partial charge in [0.15, 0.2) is 5.13 Å². The van der Waals surface area contributed by atoms with E-state index in [2.05, 4.69) is 4.98 Å². The van der Waals surface area contributed by atoms with Gasteiger partial charge in [0.1, 0.15) is 0 Å². The average Bonchev–Trinajstić information content (AvgIpc) is 3.31. The van der Waals surface area contributed by atoms with E-state index in [4.69, 9.17) is 0 Å². The van der Waals surface area contributed by atoms with Crippen molar-refractivity contribution in [2.75, 3.05) is 11.4 Å². The summed E-state index contributed by atoms with van der Waals surface area (Å²) in [5, 5.41) is 2.59. The molecule has 0 spiro atoms. The predicted octanol–water partition coefficient (Wildman–Crippen LogP) is 4.55. The van der Waals surface area contributed by atoms with E-state index < -0.39 is 0 Å². The van der Waals surface area contributed by atoms with Gasteiger partial charge < -0.3 is 4.90 Å². The molecule has 6 heteroatoms. The fourth-order valence-corrected chi connectivity index (χ4v) is 4.18. The van der Waals surface area contributed by atoms with Gasteiger partial charge in [-0.05, 0) is 43.2 Å². The Morgan fingerprint density at radius 2 is 2.00 bits per heavy atom. The summed E-state index contributed by atoms with van der Waals surface area (Å²) in [7, 11) is 0. The van der Waals surface area contributed by atoms with E-state index in [9.17, 15) is 9.59 Å². The molecule has 2 aromatic carbocycles. The summed E-state index contributed by atoms with van der Waals surface area (Å²) in [4.78, 5) is 33.4. The molecule has 5 nitrogen and oxygen atoms in total. The van der Waals surface area contributed by atoms with Crippen LogP contribution < -0.4 is 4.90 Å². The molecular formula is C22H21N3O2S. The molecular weight excluding hydrogens is 370 g/mol. The van der Waals surface area contributed by atoms with E-state index in [1.165, 1.54) is 11.3 Å². The average molecular weight is 391 g/mol. The Morgan fingerprint density at radius 1 is 1.18 bits per heavy atom. The van der Waals surface area contributed by atoms with Crippen LogP contribution >= 0.6 is 11.3 Å². The number of thiazole rings is 1. The SMILES string of the molecule is Cc1csc(N(C(=O)c2cccc(CN3CCCC3=O)c2)c2ccccc2)n1. The molecule has 0 saturated carbocycles. The van der Waals surface area contributed by atoms with Gasteiger partial charge in [-0.15, -0.1) is 11.3 Å². The van der Waals surface area contributed by atoms with Gasteiger partial charge in [0.25, 0.3) is 5.91 Å².